The SMILES string of the molecule is CCOc1cc(N2CCC(C(=O)N3CCC(CN4CCN(C(=O)c5ccc(-n6c(-c7cc(C(C)C)c(O)cc7O)n[nH]c6=O)cc5)CC4)CC3)CC2)ccc1Nc1ncc2c(n1)N(S(C)(=O)=O)c1ccccc1C(=O)N2C. The van der Waals surface area contributed by atoms with E-state index in [1.54, 1.807) is 61.6 Å². The third-order valence-electron chi connectivity index (χ3n) is 15.2. The van der Waals surface area contributed by atoms with E-state index in [0.29, 0.717) is 67.0 Å². The van der Waals surface area contributed by atoms with E-state index in [-0.39, 0.29) is 81.1 Å². The lowest BCUT2D eigenvalue weighted by atomic mass is 9.91. The second kappa shape index (κ2) is 21.6. The van der Waals surface area contributed by atoms with E-state index in [0.717, 1.165) is 74.7 Å². The van der Waals surface area contributed by atoms with E-state index < -0.39 is 15.7 Å². The molecule has 404 valence electrons. The quantitative estimate of drug-likeness (QED) is 0.0993. The average molecular weight is 1070 g/mol. The standard InChI is InChI=1S/C55H64N12O9S/c1-6-76-48-29-39(15-16-43(48)57-54-56-32-45-50(58-54)67(77(5,74)75)44-10-8-7-9-40(44)53(72)61(45)4)63-23-19-37(20-24-63)52(71)64-21-17-35(18-22-64)33-62-25-27-65(28-26-62)51(70)36-11-13-38(14-12-36)66-49(59-60-55(66)73)42-30-41(34(2)3)46(68)31-47(42)69/h7-16,29-32,34-35,37,68-69H,6,17-28,33H2,1-5H3,(H,60,73)(H,56,57,58). The lowest BCUT2D eigenvalue weighted by Gasteiger charge is -2.40. The minimum atomic E-state index is -3.94. The summed E-state index contributed by atoms with van der Waals surface area (Å²) in [4.78, 5) is 72.9. The number of carbonyl (C=O) groups is 3. The Balaban J connectivity index is 0.693. The Kier molecular flexibility index (Phi) is 14.7. The molecule has 4 N–H and O–H groups in total. The highest BCUT2D eigenvalue weighted by Crippen LogP contribution is 2.42. The normalized spacial score (nSPS) is 16.9. The summed E-state index contributed by atoms with van der Waals surface area (Å²) in [5.74, 6) is 0.735. The average Bonchev–Trinajstić information content (AvgIpc) is 3.77. The van der Waals surface area contributed by atoms with Gasteiger partial charge in [0.25, 0.3) is 11.8 Å². The number of piperidine rings is 2. The Morgan fingerprint density at radius 1 is 0.818 bits per heavy atom. The van der Waals surface area contributed by atoms with Gasteiger partial charge < -0.3 is 39.9 Å². The first-order valence-corrected chi connectivity index (χ1v) is 28.0. The third kappa shape index (κ3) is 10.6. The number of phenols is 2. The predicted octanol–water partition coefficient (Wildman–Crippen LogP) is 6.30. The van der Waals surface area contributed by atoms with Crippen molar-refractivity contribution in [1.82, 2.24) is 39.4 Å². The smallest absolute Gasteiger partial charge is 0.348 e. The number of nitrogens with one attached hydrogen (secondary N) is 2. The van der Waals surface area contributed by atoms with Crippen molar-refractivity contribution in [1.29, 1.82) is 0 Å². The second-order valence-corrected chi connectivity index (χ2v) is 22.3. The summed E-state index contributed by atoms with van der Waals surface area (Å²) in [6.07, 6.45) is 5.82. The van der Waals surface area contributed by atoms with Crippen LogP contribution in [0.4, 0.5) is 34.5 Å². The van der Waals surface area contributed by atoms with Crippen LogP contribution < -0.4 is 29.8 Å². The van der Waals surface area contributed by atoms with Gasteiger partial charge in [0.05, 0.1) is 47.2 Å². The molecule has 3 fully saturated rings. The highest BCUT2D eigenvalue weighted by atomic mass is 32.2. The number of hydrogen-bond donors (Lipinski definition) is 4. The number of aromatic nitrogens is 5. The van der Waals surface area contributed by atoms with E-state index in [9.17, 15) is 37.8 Å². The Hall–Kier alpha value is -7.98. The molecule has 0 radical (unpaired) electrons. The number of amides is 3. The van der Waals surface area contributed by atoms with Gasteiger partial charge in [0, 0.05) is 95.3 Å². The molecule has 6 heterocycles. The van der Waals surface area contributed by atoms with E-state index in [1.165, 1.54) is 21.7 Å². The molecule has 0 saturated carbocycles. The molecule has 10 rings (SSSR count). The van der Waals surface area contributed by atoms with Gasteiger partial charge in [0.15, 0.2) is 11.6 Å². The Morgan fingerprint density at radius 2 is 1.52 bits per heavy atom. The van der Waals surface area contributed by atoms with Gasteiger partial charge >= 0.3 is 5.69 Å². The van der Waals surface area contributed by atoms with Gasteiger partial charge in [-0.05, 0) is 105 Å². The van der Waals surface area contributed by atoms with Crippen molar-refractivity contribution in [3.63, 3.8) is 0 Å². The van der Waals surface area contributed by atoms with E-state index in [2.05, 4.69) is 35.3 Å². The number of likely N-dealkylation sites (tertiary alicyclic amines) is 1. The summed E-state index contributed by atoms with van der Waals surface area (Å²) >= 11 is 0. The summed E-state index contributed by atoms with van der Waals surface area (Å²) in [5.41, 5.74) is 3.52. The van der Waals surface area contributed by atoms with E-state index in [4.69, 9.17) is 4.74 Å². The van der Waals surface area contributed by atoms with Crippen LogP contribution in [-0.2, 0) is 14.8 Å². The van der Waals surface area contributed by atoms with Gasteiger partial charge in [-0.25, -0.2) is 32.2 Å². The number of phenolic OH excluding ortho intramolecular Hbond substituents is 2. The van der Waals surface area contributed by atoms with Crippen LogP contribution in [0.5, 0.6) is 17.2 Å². The molecule has 4 aliphatic rings. The topological polar surface area (TPSA) is 243 Å². The van der Waals surface area contributed by atoms with Crippen LogP contribution in [-0.4, -0.2) is 155 Å². The molecule has 2 aromatic heterocycles. The number of benzene rings is 4. The lowest BCUT2D eigenvalue weighted by molar-refractivity contribution is -0.137. The van der Waals surface area contributed by atoms with Crippen LogP contribution in [0.2, 0.25) is 0 Å². The van der Waals surface area contributed by atoms with Gasteiger partial charge in [-0.2, -0.15) is 10.1 Å². The van der Waals surface area contributed by atoms with Crippen molar-refractivity contribution in [2.75, 3.05) is 98.2 Å². The van der Waals surface area contributed by atoms with Gasteiger partial charge in [0.1, 0.15) is 22.9 Å². The van der Waals surface area contributed by atoms with Crippen LogP contribution >= 0.6 is 0 Å². The molecule has 21 nitrogen and oxygen atoms in total. The first-order chi connectivity index (χ1) is 37.0. The Labute approximate surface area is 446 Å². The van der Waals surface area contributed by atoms with Crippen molar-refractivity contribution >= 4 is 62.3 Å². The lowest BCUT2D eigenvalue weighted by Crippen LogP contribution is -2.51. The maximum absolute atomic E-state index is 13.9. The fourth-order valence-corrected chi connectivity index (χ4v) is 11.9. The maximum Gasteiger partial charge on any atom is 0.348 e. The van der Waals surface area contributed by atoms with Gasteiger partial charge in [-0.3, -0.25) is 19.3 Å². The molecule has 0 unspecified atom stereocenters. The van der Waals surface area contributed by atoms with Crippen molar-refractivity contribution in [2.45, 2.75) is 52.4 Å². The molecule has 4 aliphatic heterocycles. The van der Waals surface area contributed by atoms with Crippen molar-refractivity contribution in [3.8, 4) is 34.3 Å². The van der Waals surface area contributed by atoms with Crippen LogP contribution in [0.25, 0.3) is 17.1 Å². The second-order valence-electron chi connectivity index (χ2n) is 20.5. The van der Waals surface area contributed by atoms with Crippen molar-refractivity contribution in [3.05, 3.63) is 112 Å². The highest BCUT2D eigenvalue weighted by Gasteiger charge is 2.36. The van der Waals surface area contributed by atoms with Gasteiger partial charge in [-0.15, -0.1) is 0 Å². The molecular formula is C55H64N12O9S. The first-order valence-electron chi connectivity index (χ1n) is 26.1. The number of fused-ring (bicyclic) bond motifs is 2. The molecule has 6 aromatic rings. The van der Waals surface area contributed by atoms with E-state index in [1.807, 2.05) is 48.8 Å². The van der Waals surface area contributed by atoms with Crippen molar-refractivity contribution in [2.24, 2.45) is 11.8 Å². The Bertz CT molecular complexity index is 3380. The number of para-hydroxylation sites is 1. The number of ether oxygens (including phenoxy) is 1. The first kappa shape index (κ1) is 52.5. The molecular weight excluding hydrogens is 1000 g/mol. The number of rotatable bonds is 13. The largest absolute Gasteiger partial charge is 0.508 e. The molecule has 4 aromatic carbocycles. The fourth-order valence-electron chi connectivity index (χ4n) is 11.0. The van der Waals surface area contributed by atoms with E-state index >= 15 is 0 Å². The summed E-state index contributed by atoms with van der Waals surface area (Å²) in [6, 6.07) is 21.9. The number of carbonyl (C=O) groups excluding carboxylic acids is 3. The summed E-state index contributed by atoms with van der Waals surface area (Å²) < 4.78 is 35.0. The van der Waals surface area contributed by atoms with Crippen molar-refractivity contribution < 1.29 is 37.8 Å². The minimum Gasteiger partial charge on any atom is -0.508 e. The fraction of sp³-hybridized carbons (Fsp3) is 0.400. The van der Waals surface area contributed by atoms with Crippen LogP contribution in [0.1, 0.15) is 78.7 Å². The molecule has 77 heavy (non-hydrogen) atoms. The number of piperazine rings is 1. The Morgan fingerprint density at radius 3 is 2.21 bits per heavy atom. The molecule has 0 aliphatic carbocycles. The monoisotopic (exact) mass is 1070 g/mol. The third-order valence-corrected chi connectivity index (χ3v) is 16.2. The molecule has 0 atom stereocenters. The minimum absolute atomic E-state index is 0.0344. The number of aromatic hydroxyl groups is 2. The zero-order chi connectivity index (χ0) is 54.3. The summed E-state index contributed by atoms with van der Waals surface area (Å²) in [6.45, 7) is 12.6. The maximum atomic E-state index is 13.9. The molecule has 22 heteroatoms. The zero-order valence-electron chi connectivity index (χ0n) is 43.8. The number of anilines is 6. The van der Waals surface area contributed by atoms with Gasteiger partial charge in [-0.1, -0.05) is 26.0 Å². The predicted molar refractivity (Wildman–Crippen MR) is 293 cm³/mol. The number of aromatic amines is 1. The molecule has 0 bridgehead atoms. The number of H-pyrrole nitrogens is 1. The number of nitrogens with zero attached hydrogens (tertiary/aromatic N) is 10. The molecule has 0 spiro atoms. The summed E-state index contributed by atoms with van der Waals surface area (Å²) in [5, 5.41) is 30.9. The summed E-state index contributed by atoms with van der Waals surface area (Å²) in [7, 11) is -2.38. The van der Waals surface area contributed by atoms with Gasteiger partial charge in [0.2, 0.25) is 21.9 Å². The molecule has 3 saturated heterocycles. The van der Waals surface area contributed by atoms with Crippen LogP contribution in [0.15, 0.2) is 89.9 Å². The number of sulfonamides is 1. The number of hydrogen-bond acceptors (Lipinski definition) is 15. The highest BCUT2D eigenvalue weighted by molar-refractivity contribution is 7.92. The van der Waals surface area contributed by atoms with Crippen LogP contribution in [0.3, 0.4) is 0 Å². The molecule has 3 amide bonds. The zero-order valence-corrected chi connectivity index (χ0v) is 44.7. The van der Waals surface area contributed by atoms with Crippen LogP contribution in [0, 0.1) is 11.8 Å².